The normalized spacial score (nSPS) is 17.7. The third-order valence-electron chi connectivity index (χ3n) is 3.76. The number of H-pyrrole nitrogens is 1. The van der Waals surface area contributed by atoms with Crippen LogP contribution in [0.25, 0.3) is 22.3 Å². The number of halogens is 1. The molecular weight excluding hydrogens is 344 g/mol. The van der Waals surface area contributed by atoms with Crippen molar-refractivity contribution in [3.8, 4) is 23.1 Å². The maximum Gasteiger partial charge on any atom is 0.316 e. The highest BCUT2D eigenvalue weighted by Gasteiger charge is 2.13. The molecule has 0 radical (unpaired) electrons. The van der Waals surface area contributed by atoms with Crippen LogP contribution in [0.4, 0.5) is 0 Å². The minimum absolute atomic E-state index is 0. The lowest BCUT2D eigenvalue weighted by atomic mass is 10.1. The molecule has 4 bridgehead atoms. The van der Waals surface area contributed by atoms with Crippen LogP contribution < -0.4 is 9.47 Å². The van der Waals surface area contributed by atoms with Gasteiger partial charge in [-0.1, -0.05) is 0 Å². The van der Waals surface area contributed by atoms with E-state index in [4.69, 9.17) is 14.2 Å². The summed E-state index contributed by atoms with van der Waals surface area (Å²) in [6, 6.07) is 8.00. The third kappa shape index (κ3) is 3.83. The molecule has 0 fully saturated rings. The number of nitrogens with one attached hydrogen (secondary N) is 1. The first-order valence-electron chi connectivity index (χ1n) is 7.98. The van der Waals surface area contributed by atoms with Crippen LogP contribution in [0.3, 0.4) is 0 Å². The second-order valence-corrected chi connectivity index (χ2v) is 5.71. The van der Waals surface area contributed by atoms with Gasteiger partial charge in [0.1, 0.15) is 17.5 Å². The molecule has 25 heavy (non-hydrogen) atoms. The number of hydrogen-bond donors (Lipinski definition) is 1. The number of aromatic nitrogens is 4. The molecule has 1 aromatic carbocycles. The molecule has 0 unspecified atom stereocenters. The Morgan fingerprint density at radius 2 is 2.12 bits per heavy atom. The average Bonchev–Trinajstić information content (AvgIpc) is 3.01. The first-order valence-corrected chi connectivity index (χ1v) is 7.98. The molecule has 3 aromatic rings. The van der Waals surface area contributed by atoms with Crippen molar-refractivity contribution in [3.63, 3.8) is 0 Å². The van der Waals surface area contributed by atoms with Crippen molar-refractivity contribution in [1.82, 2.24) is 20.2 Å². The van der Waals surface area contributed by atoms with Crippen LogP contribution in [0, 0.1) is 0 Å². The number of hydrogen-bond acceptors (Lipinski definition) is 6. The zero-order valence-electron chi connectivity index (χ0n) is 13.8. The van der Waals surface area contributed by atoms with Gasteiger partial charge in [-0.2, -0.15) is 10.1 Å². The van der Waals surface area contributed by atoms with E-state index in [1.165, 1.54) is 0 Å². The van der Waals surface area contributed by atoms with Crippen molar-refractivity contribution in [2.75, 3.05) is 19.8 Å². The first-order chi connectivity index (χ1) is 11.8. The Labute approximate surface area is 151 Å². The van der Waals surface area contributed by atoms with Gasteiger partial charge in [0.25, 0.3) is 0 Å². The van der Waals surface area contributed by atoms with Crippen LogP contribution in [0.2, 0.25) is 0 Å². The van der Waals surface area contributed by atoms with E-state index in [1.54, 1.807) is 6.20 Å². The molecule has 0 aliphatic carbocycles. The third-order valence-corrected chi connectivity index (χ3v) is 3.76. The van der Waals surface area contributed by atoms with Crippen LogP contribution >= 0.6 is 12.4 Å². The minimum atomic E-state index is -0.0373. The molecule has 1 aliphatic heterocycles. The Morgan fingerprint density at radius 1 is 1.20 bits per heavy atom. The Balaban J connectivity index is 0.00000182. The highest BCUT2D eigenvalue weighted by atomic mass is 35.5. The standard InChI is InChI=1S/C17H18N4O3.ClH/c1-11-10-22-7-2-8-23-17-18-6-5-15(19-17)16-13-9-12(24-11)3-4-14(13)20-21-16;/h3-6,9,11H,2,7-8,10H2,1H3,(H,20,21);1H/t11-;/m0./s1. The fourth-order valence-electron chi connectivity index (χ4n) is 2.64. The molecule has 4 rings (SSSR count). The Bertz CT molecular complexity index is 855. The highest BCUT2D eigenvalue weighted by Crippen LogP contribution is 2.29. The number of benzene rings is 1. The van der Waals surface area contributed by atoms with E-state index >= 15 is 0 Å². The maximum atomic E-state index is 5.95. The summed E-state index contributed by atoms with van der Waals surface area (Å²) in [6.07, 6.45) is 2.40. The van der Waals surface area contributed by atoms with Gasteiger partial charge in [-0.25, -0.2) is 4.98 Å². The topological polar surface area (TPSA) is 82.2 Å². The lowest BCUT2D eigenvalue weighted by molar-refractivity contribution is 0.0523. The average molecular weight is 363 g/mol. The summed E-state index contributed by atoms with van der Waals surface area (Å²) < 4.78 is 17.2. The van der Waals surface area contributed by atoms with Crippen molar-refractivity contribution >= 4 is 23.3 Å². The van der Waals surface area contributed by atoms with Gasteiger partial charge in [0.05, 0.1) is 24.4 Å². The second-order valence-electron chi connectivity index (χ2n) is 5.71. The van der Waals surface area contributed by atoms with Crippen LogP contribution in [0.5, 0.6) is 11.8 Å². The number of aromatic amines is 1. The largest absolute Gasteiger partial charge is 0.488 e. The van der Waals surface area contributed by atoms with E-state index in [-0.39, 0.29) is 18.5 Å². The van der Waals surface area contributed by atoms with E-state index in [1.807, 2.05) is 31.2 Å². The fraction of sp³-hybridized carbons (Fsp3) is 0.353. The molecule has 0 amide bonds. The Kier molecular flexibility index (Phi) is 5.35. The van der Waals surface area contributed by atoms with Gasteiger partial charge < -0.3 is 14.2 Å². The van der Waals surface area contributed by atoms with Gasteiger partial charge in [0, 0.05) is 24.6 Å². The SMILES string of the molecule is C[C@H]1COCCCOc2nccc(n2)-c2n[nH]c3ccc(cc23)O1.Cl. The van der Waals surface area contributed by atoms with Gasteiger partial charge in [-0.05, 0) is 31.2 Å². The quantitative estimate of drug-likeness (QED) is 0.662. The summed E-state index contributed by atoms with van der Waals surface area (Å²) in [6.45, 7) is 3.63. The maximum absolute atomic E-state index is 5.95. The molecular formula is C17H19ClN4O3. The Morgan fingerprint density at radius 3 is 3.04 bits per heavy atom. The first kappa shape index (κ1) is 17.4. The summed E-state index contributed by atoms with van der Waals surface area (Å²) in [5.74, 6) is 0.779. The van der Waals surface area contributed by atoms with Crippen molar-refractivity contribution < 1.29 is 14.2 Å². The van der Waals surface area contributed by atoms with Crippen molar-refractivity contribution in [2.24, 2.45) is 0 Å². The second kappa shape index (κ2) is 7.67. The van der Waals surface area contributed by atoms with Gasteiger partial charge in [-0.15, -0.1) is 12.4 Å². The van der Waals surface area contributed by atoms with E-state index in [2.05, 4.69) is 20.2 Å². The predicted octanol–water partition coefficient (Wildman–Crippen LogP) is 3.01. The fourth-order valence-corrected chi connectivity index (χ4v) is 2.64. The molecule has 132 valence electrons. The molecule has 3 heterocycles. The Hall–Kier alpha value is -2.38. The molecule has 8 heteroatoms. The monoisotopic (exact) mass is 362 g/mol. The van der Waals surface area contributed by atoms with Crippen LogP contribution in [-0.4, -0.2) is 46.1 Å². The van der Waals surface area contributed by atoms with Gasteiger partial charge in [0.2, 0.25) is 0 Å². The van der Waals surface area contributed by atoms with Gasteiger partial charge >= 0.3 is 6.01 Å². The minimum Gasteiger partial charge on any atom is -0.488 e. The summed E-state index contributed by atoms with van der Waals surface area (Å²) in [4.78, 5) is 8.60. The smallest absolute Gasteiger partial charge is 0.316 e. The summed E-state index contributed by atoms with van der Waals surface area (Å²) in [7, 11) is 0. The summed E-state index contributed by atoms with van der Waals surface area (Å²) in [5.41, 5.74) is 2.38. The summed E-state index contributed by atoms with van der Waals surface area (Å²) >= 11 is 0. The molecule has 0 saturated heterocycles. The van der Waals surface area contributed by atoms with Crippen molar-refractivity contribution in [1.29, 1.82) is 0 Å². The van der Waals surface area contributed by atoms with Gasteiger partial charge in [0.15, 0.2) is 0 Å². The van der Waals surface area contributed by atoms with Crippen LogP contribution in [0.1, 0.15) is 13.3 Å². The van der Waals surface area contributed by atoms with Crippen LogP contribution in [-0.2, 0) is 4.74 Å². The molecule has 0 saturated carbocycles. The lowest BCUT2D eigenvalue weighted by Gasteiger charge is -2.15. The molecule has 1 N–H and O–H groups in total. The molecule has 2 aromatic heterocycles. The lowest BCUT2D eigenvalue weighted by Crippen LogP contribution is -2.20. The van der Waals surface area contributed by atoms with E-state index < -0.39 is 0 Å². The van der Waals surface area contributed by atoms with Crippen molar-refractivity contribution in [3.05, 3.63) is 30.5 Å². The summed E-state index contributed by atoms with van der Waals surface area (Å²) in [5, 5.41) is 8.36. The molecule has 1 atom stereocenters. The number of ether oxygens (including phenoxy) is 3. The number of fused-ring (bicyclic) bond motifs is 4. The molecule has 7 nitrogen and oxygen atoms in total. The number of rotatable bonds is 0. The van der Waals surface area contributed by atoms with E-state index in [9.17, 15) is 0 Å². The number of nitrogens with zero attached hydrogens (tertiary/aromatic N) is 3. The van der Waals surface area contributed by atoms with E-state index in [0.717, 1.165) is 28.8 Å². The zero-order valence-corrected chi connectivity index (χ0v) is 14.6. The van der Waals surface area contributed by atoms with E-state index in [0.29, 0.717) is 31.5 Å². The predicted molar refractivity (Wildman–Crippen MR) is 95.4 cm³/mol. The van der Waals surface area contributed by atoms with Crippen LogP contribution in [0.15, 0.2) is 30.5 Å². The zero-order chi connectivity index (χ0) is 16.4. The molecule has 0 spiro atoms. The molecule has 1 aliphatic rings. The van der Waals surface area contributed by atoms with Crippen molar-refractivity contribution in [2.45, 2.75) is 19.4 Å². The van der Waals surface area contributed by atoms with Gasteiger partial charge in [-0.3, -0.25) is 5.10 Å². The highest BCUT2D eigenvalue weighted by molar-refractivity contribution is 5.92.